The van der Waals surface area contributed by atoms with Gasteiger partial charge in [0.05, 0.1) is 41.5 Å². The Bertz CT molecular complexity index is 1920. The van der Waals surface area contributed by atoms with Crippen molar-refractivity contribution in [2.24, 2.45) is 5.92 Å². The summed E-state index contributed by atoms with van der Waals surface area (Å²) in [6, 6.07) is 16.1. The maximum Gasteiger partial charge on any atom is 0.407 e. The zero-order valence-electron chi connectivity index (χ0n) is 23.4. The number of ether oxygens (including phenoxy) is 1. The summed E-state index contributed by atoms with van der Waals surface area (Å²) in [5.74, 6) is 0.579. The number of thiophene rings is 2. The number of likely N-dealkylation sites (tertiary alicyclic amines) is 1. The average molecular weight is 599 g/mol. The molecule has 0 spiro atoms. The van der Waals surface area contributed by atoms with Crippen LogP contribution in [0.1, 0.15) is 38.6 Å². The Morgan fingerprint density at radius 1 is 1.02 bits per heavy atom. The largest absolute Gasteiger partial charge is 0.453 e. The fraction of sp³-hybridized carbons (Fsp3) is 0.290. The van der Waals surface area contributed by atoms with Crippen LogP contribution in [0.15, 0.2) is 54.9 Å². The number of imidazole rings is 2. The fourth-order valence-electron chi connectivity index (χ4n) is 5.87. The van der Waals surface area contributed by atoms with Gasteiger partial charge in [0.25, 0.3) is 0 Å². The van der Waals surface area contributed by atoms with Crippen molar-refractivity contribution >= 4 is 66.1 Å². The number of carbonyl (C=O) groups is 2. The topological polar surface area (TPSA) is 116 Å². The van der Waals surface area contributed by atoms with Gasteiger partial charge in [-0.2, -0.15) is 0 Å². The van der Waals surface area contributed by atoms with E-state index >= 15 is 0 Å². The van der Waals surface area contributed by atoms with Gasteiger partial charge >= 0.3 is 6.09 Å². The van der Waals surface area contributed by atoms with Gasteiger partial charge in [0.1, 0.15) is 11.9 Å². The Morgan fingerprint density at radius 2 is 1.71 bits per heavy atom. The van der Waals surface area contributed by atoms with Crippen LogP contribution in [-0.4, -0.2) is 56.5 Å². The maximum absolute atomic E-state index is 13.6. The minimum atomic E-state index is -0.665. The molecule has 1 aliphatic heterocycles. The lowest BCUT2D eigenvalue weighted by Gasteiger charge is -2.29. The maximum atomic E-state index is 13.6. The van der Waals surface area contributed by atoms with Crippen molar-refractivity contribution in [3.8, 4) is 20.9 Å². The van der Waals surface area contributed by atoms with Crippen molar-refractivity contribution in [1.29, 1.82) is 0 Å². The van der Waals surface area contributed by atoms with E-state index in [9.17, 15) is 9.59 Å². The van der Waals surface area contributed by atoms with E-state index in [1.165, 1.54) is 21.4 Å². The Hall–Kier alpha value is -4.22. The monoisotopic (exact) mass is 598 g/mol. The number of carbonyl (C=O) groups excluding carboxylic acids is 2. The first kappa shape index (κ1) is 26.7. The molecular weight excluding hydrogens is 569 g/mol. The van der Waals surface area contributed by atoms with Crippen LogP contribution in [0.2, 0.25) is 0 Å². The number of rotatable bonds is 6. The van der Waals surface area contributed by atoms with Crippen molar-refractivity contribution < 1.29 is 14.3 Å². The van der Waals surface area contributed by atoms with Crippen LogP contribution in [0.5, 0.6) is 0 Å². The lowest BCUT2D eigenvalue weighted by atomic mass is 10.0. The summed E-state index contributed by atoms with van der Waals surface area (Å²) < 4.78 is 7.23. The summed E-state index contributed by atoms with van der Waals surface area (Å²) in [5, 5.41) is 2.72. The van der Waals surface area contributed by atoms with Crippen LogP contribution in [-0.2, 0) is 9.53 Å². The number of aromatic amines is 2. The molecule has 4 aromatic heterocycles. The van der Waals surface area contributed by atoms with Crippen molar-refractivity contribution in [2.45, 2.75) is 38.8 Å². The fourth-order valence-corrected chi connectivity index (χ4v) is 8.31. The number of fused-ring (bicyclic) bond motifs is 3. The van der Waals surface area contributed by atoms with E-state index in [2.05, 4.69) is 50.6 Å². The molecule has 6 aromatic rings. The number of aromatic nitrogens is 4. The Kier molecular flexibility index (Phi) is 6.70. The highest BCUT2D eigenvalue weighted by Gasteiger charge is 2.37. The second-order valence-corrected chi connectivity index (χ2v) is 13.1. The number of methoxy groups -OCH3 is 1. The number of H-pyrrole nitrogens is 2. The number of amides is 2. The summed E-state index contributed by atoms with van der Waals surface area (Å²) >= 11 is 3.54. The third-order valence-corrected chi connectivity index (χ3v) is 10.3. The van der Waals surface area contributed by atoms with Crippen LogP contribution in [0.25, 0.3) is 52.3 Å². The number of benzene rings is 2. The first-order valence-electron chi connectivity index (χ1n) is 14.0. The second-order valence-electron chi connectivity index (χ2n) is 10.9. The quantitative estimate of drug-likeness (QED) is 0.189. The van der Waals surface area contributed by atoms with Crippen LogP contribution in [0, 0.1) is 5.92 Å². The Morgan fingerprint density at radius 3 is 2.40 bits per heavy atom. The third kappa shape index (κ3) is 4.53. The summed E-state index contributed by atoms with van der Waals surface area (Å²) in [6.45, 7) is 4.46. The molecule has 3 N–H and O–H groups in total. The molecule has 11 heteroatoms. The molecule has 0 saturated carbocycles. The predicted octanol–water partition coefficient (Wildman–Crippen LogP) is 7.09. The van der Waals surface area contributed by atoms with Crippen molar-refractivity contribution in [2.75, 3.05) is 13.7 Å². The van der Waals surface area contributed by atoms with Gasteiger partial charge in [-0.15, -0.1) is 22.7 Å². The molecule has 2 atom stereocenters. The highest BCUT2D eigenvalue weighted by Crippen LogP contribution is 2.44. The summed E-state index contributed by atoms with van der Waals surface area (Å²) in [5.41, 5.74) is 6.07. The first-order chi connectivity index (χ1) is 20.4. The van der Waals surface area contributed by atoms with Gasteiger partial charge in [0.2, 0.25) is 5.91 Å². The van der Waals surface area contributed by atoms with Crippen molar-refractivity contribution in [3.63, 3.8) is 0 Å². The van der Waals surface area contributed by atoms with Gasteiger partial charge in [0.15, 0.2) is 0 Å². The number of alkyl carbamates (subject to hydrolysis) is 1. The SMILES string of the molecule is COC(=O)NC(C(=O)N1CCCC1c1nc2c(-c3cc4sc(-c5cccc6[nH]cnc56)cc4s3)cccc2[nH]1)C(C)C. The van der Waals surface area contributed by atoms with Crippen LogP contribution in [0.4, 0.5) is 4.79 Å². The summed E-state index contributed by atoms with van der Waals surface area (Å²) in [4.78, 5) is 46.0. The molecule has 2 amide bonds. The van der Waals surface area contributed by atoms with E-state index in [1.807, 2.05) is 36.9 Å². The molecule has 2 aromatic carbocycles. The molecule has 0 aliphatic carbocycles. The highest BCUT2D eigenvalue weighted by atomic mass is 32.1. The van der Waals surface area contributed by atoms with E-state index in [1.54, 1.807) is 29.0 Å². The number of hydrogen-bond donors (Lipinski definition) is 3. The van der Waals surface area contributed by atoms with Crippen molar-refractivity contribution in [3.05, 3.63) is 60.7 Å². The van der Waals surface area contributed by atoms with Gasteiger partial charge in [0, 0.05) is 36.8 Å². The van der Waals surface area contributed by atoms with E-state index < -0.39 is 12.1 Å². The molecule has 214 valence electrons. The van der Waals surface area contributed by atoms with Crippen LogP contribution >= 0.6 is 22.7 Å². The van der Waals surface area contributed by atoms with Gasteiger partial charge in [-0.05, 0) is 43.0 Å². The molecular formula is C31H30N6O3S2. The summed E-state index contributed by atoms with van der Waals surface area (Å²) in [7, 11) is 1.30. The molecule has 5 heterocycles. The van der Waals surface area contributed by atoms with E-state index in [0.717, 1.165) is 56.7 Å². The number of hydrogen-bond acceptors (Lipinski definition) is 7. The highest BCUT2D eigenvalue weighted by molar-refractivity contribution is 7.31. The molecule has 1 fully saturated rings. The standard InChI is InChI=1S/C31H30N6O3S2/c1-16(2)26(36-31(39)40-3)30(38)37-12-6-11-21(37)29-34-20-10-5-8-18(28(20)35-29)23-14-25-24(42-23)13-22(41-25)17-7-4-9-19-27(17)33-15-32-19/h4-5,7-10,13-16,21,26H,6,11-12H2,1-3H3,(H,32,33)(H,34,35)(H,36,39). The predicted molar refractivity (Wildman–Crippen MR) is 168 cm³/mol. The van der Waals surface area contributed by atoms with E-state index in [0.29, 0.717) is 6.54 Å². The van der Waals surface area contributed by atoms with Crippen LogP contribution < -0.4 is 5.32 Å². The number of nitrogens with zero attached hydrogens (tertiary/aromatic N) is 3. The van der Waals surface area contributed by atoms with Gasteiger partial charge in [-0.25, -0.2) is 14.8 Å². The molecule has 0 bridgehead atoms. The van der Waals surface area contributed by atoms with Gasteiger partial charge in [-0.3, -0.25) is 4.79 Å². The molecule has 7 rings (SSSR count). The van der Waals surface area contributed by atoms with Crippen molar-refractivity contribution in [1.82, 2.24) is 30.2 Å². The second kappa shape index (κ2) is 10.6. The van der Waals surface area contributed by atoms with E-state index in [4.69, 9.17) is 9.72 Å². The number of para-hydroxylation sites is 2. The molecule has 1 saturated heterocycles. The minimum Gasteiger partial charge on any atom is -0.453 e. The number of nitrogens with one attached hydrogen (secondary N) is 3. The van der Waals surface area contributed by atoms with Gasteiger partial charge in [-0.1, -0.05) is 38.1 Å². The van der Waals surface area contributed by atoms with Crippen LogP contribution in [0.3, 0.4) is 0 Å². The van der Waals surface area contributed by atoms with Gasteiger partial charge < -0.3 is 24.9 Å². The summed E-state index contributed by atoms with van der Waals surface area (Å²) in [6.07, 6.45) is 2.82. The average Bonchev–Trinajstić information content (AvgIpc) is 3.80. The minimum absolute atomic E-state index is 0.0828. The zero-order chi connectivity index (χ0) is 29.0. The lowest BCUT2D eigenvalue weighted by molar-refractivity contribution is -0.135. The Balaban J connectivity index is 1.20. The van der Waals surface area contributed by atoms with E-state index in [-0.39, 0.29) is 17.9 Å². The smallest absolute Gasteiger partial charge is 0.407 e. The normalized spacial score (nSPS) is 16.2. The lowest BCUT2D eigenvalue weighted by Crippen LogP contribution is -2.51. The molecule has 2 unspecified atom stereocenters. The Labute approximate surface area is 249 Å². The molecule has 0 radical (unpaired) electrons. The molecule has 1 aliphatic rings. The first-order valence-corrected chi connectivity index (χ1v) is 15.6. The molecule has 42 heavy (non-hydrogen) atoms. The third-order valence-electron chi connectivity index (χ3n) is 7.96. The zero-order valence-corrected chi connectivity index (χ0v) is 25.1. The molecule has 9 nitrogen and oxygen atoms in total.